The van der Waals surface area contributed by atoms with Gasteiger partial charge in [-0.1, -0.05) is 61.1 Å². The summed E-state index contributed by atoms with van der Waals surface area (Å²) in [6.07, 6.45) is 12.1. The van der Waals surface area contributed by atoms with E-state index in [1.54, 1.807) is 12.1 Å². The second-order valence-electron chi connectivity index (χ2n) is 13.6. The molecule has 0 bridgehead atoms. The van der Waals surface area contributed by atoms with Gasteiger partial charge in [0.25, 0.3) is 0 Å². The zero-order valence-corrected chi connectivity index (χ0v) is 37.3. The molecule has 276 valence electrons. The summed E-state index contributed by atoms with van der Waals surface area (Å²) in [6, 6.07) is 8.88. The fraction of sp³-hybridized carbons (Fsp3) is 0.417. The molecule has 2 amide bonds. The van der Waals surface area contributed by atoms with Crippen molar-refractivity contribution in [2.75, 3.05) is 36.0 Å². The van der Waals surface area contributed by atoms with Gasteiger partial charge >= 0.3 is 51.4 Å². The van der Waals surface area contributed by atoms with Gasteiger partial charge in [0.1, 0.15) is 27.3 Å². The van der Waals surface area contributed by atoms with E-state index in [1.807, 2.05) is 92.3 Å². The van der Waals surface area contributed by atoms with E-state index < -0.39 is 31.1 Å². The number of benzene rings is 2. The standard InChI is InChI=1S/C36H45IN4O8S2.K/c1-35(2)27-22-25(50(44,45)46)15-17-29(27)40(5)31(35)12-8-6-9-13-32-36(3,4)28-23-26(51(47,48)49)16-18-30(28)41(32)21-11-7-10-14-33(42)38-19-20-39-34(43)24-37;/h6,8-9,12-13,15-18,22-23H,7,10-11,14,19-21,24H2,1-5H3,(H3-,38,39,42,43,44,45,46,47,48,49);/q;+1/p-1. The maximum absolute atomic E-state index is 12.2. The predicted octanol–water partition coefficient (Wildman–Crippen LogP) is 1.53. The Bertz CT molecular complexity index is 2040. The van der Waals surface area contributed by atoms with Crippen molar-refractivity contribution in [2.45, 2.75) is 74.0 Å². The molecule has 2 aromatic rings. The predicted molar refractivity (Wildman–Crippen MR) is 203 cm³/mol. The first-order valence-electron chi connectivity index (χ1n) is 16.5. The summed E-state index contributed by atoms with van der Waals surface area (Å²) in [5, 5.41) is 5.53. The first-order chi connectivity index (χ1) is 23.8. The number of allylic oxidation sites excluding steroid dienone is 6. The summed E-state index contributed by atoms with van der Waals surface area (Å²) in [4.78, 5) is 25.2. The number of amides is 2. The fourth-order valence-corrected chi connectivity index (χ4v) is 7.91. The summed E-state index contributed by atoms with van der Waals surface area (Å²) < 4.78 is 73.0. The number of hydrogen-bond donors (Lipinski definition) is 2. The van der Waals surface area contributed by atoms with Crippen LogP contribution in [-0.4, -0.2) is 79.2 Å². The first-order valence-corrected chi connectivity index (χ1v) is 20.9. The molecule has 2 aromatic carbocycles. The van der Waals surface area contributed by atoms with Crippen LogP contribution in [0.4, 0.5) is 11.4 Å². The van der Waals surface area contributed by atoms with Crippen molar-refractivity contribution in [1.82, 2.24) is 10.6 Å². The molecule has 0 unspecified atom stereocenters. The molecule has 0 radical (unpaired) electrons. The molecule has 2 heterocycles. The summed E-state index contributed by atoms with van der Waals surface area (Å²) in [7, 11) is -7.36. The largest absolute Gasteiger partial charge is 1.00 e. The number of anilines is 1. The number of nitrogens with one attached hydrogen (secondary N) is 2. The molecule has 0 aliphatic carbocycles. The molecule has 0 spiro atoms. The van der Waals surface area contributed by atoms with Crippen LogP contribution in [0.2, 0.25) is 0 Å². The molecule has 12 nitrogen and oxygen atoms in total. The second kappa shape index (κ2) is 18.3. The maximum atomic E-state index is 12.2. The Morgan fingerprint density at radius 1 is 0.827 bits per heavy atom. The Kier molecular flexibility index (Phi) is 15.7. The monoisotopic (exact) mass is 890 g/mol. The maximum Gasteiger partial charge on any atom is 1.00 e. The van der Waals surface area contributed by atoms with E-state index in [-0.39, 0.29) is 73.0 Å². The van der Waals surface area contributed by atoms with Crippen molar-refractivity contribution in [3.05, 3.63) is 83.6 Å². The van der Waals surface area contributed by atoms with Crippen molar-refractivity contribution in [1.29, 1.82) is 0 Å². The van der Waals surface area contributed by atoms with Gasteiger partial charge < -0.3 is 24.6 Å². The fourth-order valence-electron chi connectivity index (χ4n) is 6.65. The quantitative estimate of drug-likeness (QED) is 0.0511. The summed E-state index contributed by atoms with van der Waals surface area (Å²) in [6.45, 7) is 9.26. The van der Waals surface area contributed by atoms with Crippen LogP contribution in [0, 0.1) is 0 Å². The van der Waals surface area contributed by atoms with E-state index in [0.29, 0.717) is 36.9 Å². The number of halogens is 1. The van der Waals surface area contributed by atoms with Crippen LogP contribution in [0.25, 0.3) is 0 Å². The Morgan fingerprint density at radius 3 is 2.04 bits per heavy atom. The third kappa shape index (κ3) is 10.5. The van der Waals surface area contributed by atoms with Crippen molar-refractivity contribution in [2.24, 2.45) is 0 Å². The van der Waals surface area contributed by atoms with Gasteiger partial charge in [0.05, 0.1) is 19.6 Å². The van der Waals surface area contributed by atoms with Crippen molar-refractivity contribution < 1.29 is 91.5 Å². The smallest absolute Gasteiger partial charge is 0.744 e. The molecule has 4 rings (SSSR count). The van der Waals surface area contributed by atoms with Crippen molar-refractivity contribution in [3.63, 3.8) is 0 Å². The Morgan fingerprint density at radius 2 is 1.42 bits per heavy atom. The van der Waals surface area contributed by atoms with Crippen LogP contribution in [0.5, 0.6) is 0 Å². The van der Waals surface area contributed by atoms with Crippen LogP contribution >= 0.6 is 22.6 Å². The molecule has 0 aromatic heterocycles. The molecule has 0 saturated carbocycles. The minimum absolute atomic E-state index is 0. The minimum atomic E-state index is -4.65. The van der Waals surface area contributed by atoms with Crippen molar-refractivity contribution in [3.8, 4) is 0 Å². The second-order valence-corrected chi connectivity index (χ2v) is 17.1. The molecular formula is C36H44IKN4O8S2. The van der Waals surface area contributed by atoms with Gasteiger partial charge in [0.15, 0.2) is 5.71 Å². The summed E-state index contributed by atoms with van der Waals surface area (Å²) in [5.41, 5.74) is 3.74. The number of carbonyl (C=O) groups excluding carboxylic acids is 2. The third-order valence-corrected chi connectivity index (χ3v) is 11.7. The number of carbonyl (C=O) groups is 2. The number of unbranched alkanes of at least 4 members (excludes halogenated alkanes) is 2. The van der Waals surface area contributed by atoms with E-state index in [2.05, 4.69) is 15.5 Å². The molecule has 0 fully saturated rings. The summed E-state index contributed by atoms with van der Waals surface area (Å²) in [5.74, 6) is -0.153. The Balaban J connectivity index is 0.00000729. The van der Waals surface area contributed by atoms with E-state index in [0.717, 1.165) is 46.8 Å². The number of nitrogens with zero attached hydrogens (tertiary/aromatic N) is 2. The number of rotatable bonds is 15. The first kappa shape index (κ1) is 44.7. The molecule has 0 saturated heterocycles. The van der Waals surface area contributed by atoms with Gasteiger partial charge in [-0.05, 0) is 68.7 Å². The molecule has 52 heavy (non-hydrogen) atoms. The molecule has 16 heteroatoms. The van der Waals surface area contributed by atoms with E-state index in [1.165, 1.54) is 24.3 Å². The van der Waals surface area contributed by atoms with Crippen LogP contribution in [0.3, 0.4) is 0 Å². The zero-order valence-electron chi connectivity index (χ0n) is 30.4. The SMILES string of the molecule is C[N+]1=C(/C=C/C=C/C=C2\N(CCCCCC(=O)NCCNC(=O)CI)c3ccc(S(=O)(=O)[O-])cc3C2(C)C)C(C)(C)c2cc(S(=O)(=O)[O-])ccc21.[K+]. The molecule has 2 aliphatic rings. The van der Waals surface area contributed by atoms with Gasteiger partial charge in [-0.2, -0.15) is 4.58 Å². The normalized spacial score (nSPS) is 17.1. The summed E-state index contributed by atoms with van der Waals surface area (Å²) >= 11 is 1.98. The van der Waals surface area contributed by atoms with Gasteiger partial charge in [-0.25, -0.2) is 16.8 Å². The third-order valence-electron chi connectivity index (χ3n) is 9.35. The topological polar surface area (TPSA) is 179 Å². The van der Waals surface area contributed by atoms with E-state index in [9.17, 15) is 35.5 Å². The molecule has 2 aliphatic heterocycles. The van der Waals surface area contributed by atoms with E-state index >= 15 is 0 Å². The average Bonchev–Trinajstić information content (AvgIpc) is 3.38. The molecular weight excluding hydrogens is 847 g/mol. The zero-order chi connectivity index (χ0) is 37.8. The van der Waals surface area contributed by atoms with E-state index in [4.69, 9.17) is 0 Å². The van der Waals surface area contributed by atoms with Crippen LogP contribution in [0.15, 0.2) is 82.3 Å². The van der Waals surface area contributed by atoms with Crippen LogP contribution in [-0.2, 0) is 40.7 Å². The van der Waals surface area contributed by atoms with Crippen LogP contribution in [0.1, 0.15) is 64.5 Å². The van der Waals surface area contributed by atoms with Gasteiger partial charge in [-0.3, -0.25) is 9.59 Å². The molecule has 0 atom stereocenters. The van der Waals surface area contributed by atoms with Gasteiger partial charge in [0.2, 0.25) is 17.5 Å². The number of fused-ring (bicyclic) bond motifs is 2. The van der Waals surface area contributed by atoms with Gasteiger partial charge in [-0.15, -0.1) is 0 Å². The Hall–Kier alpha value is -1.74. The number of hydrogen-bond acceptors (Lipinski definition) is 9. The number of alkyl halides is 1. The van der Waals surface area contributed by atoms with Gasteiger partial charge in [0, 0.05) is 60.6 Å². The minimum Gasteiger partial charge on any atom is -0.744 e. The Labute approximate surface area is 363 Å². The van der Waals surface area contributed by atoms with Crippen LogP contribution < -0.4 is 66.9 Å². The van der Waals surface area contributed by atoms with Crippen molar-refractivity contribution >= 4 is 71.7 Å². The molecule has 2 N–H and O–H groups in total. The average molecular weight is 891 g/mol.